The lowest BCUT2D eigenvalue weighted by Gasteiger charge is -2.11. The largest absolute Gasteiger partial charge is 0.409 e. The van der Waals surface area contributed by atoms with Gasteiger partial charge >= 0.3 is 0 Å². The molecule has 1 aromatic rings. The average molecular weight is 285 g/mol. The molecule has 0 bridgehead atoms. The van der Waals surface area contributed by atoms with E-state index in [4.69, 9.17) is 22.5 Å². The van der Waals surface area contributed by atoms with Crippen LogP contribution >= 0.6 is 11.6 Å². The number of oxime groups is 1. The summed E-state index contributed by atoms with van der Waals surface area (Å²) in [4.78, 5) is 2.15. The maximum atomic E-state index is 8.60. The molecule has 106 valence electrons. The van der Waals surface area contributed by atoms with Crippen molar-refractivity contribution >= 4 is 17.4 Å². The molecule has 0 spiro atoms. The van der Waals surface area contributed by atoms with Gasteiger partial charge in [0.05, 0.1) is 0 Å². The molecule has 0 fully saturated rings. The summed E-state index contributed by atoms with van der Waals surface area (Å²) in [5, 5.41) is 15.5. The van der Waals surface area contributed by atoms with Gasteiger partial charge in [-0.25, -0.2) is 0 Å². The number of benzene rings is 1. The zero-order valence-electron chi connectivity index (χ0n) is 11.4. The van der Waals surface area contributed by atoms with E-state index in [0.717, 1.165) is 25.1 Å². The highest BCUT2D eigenvalue weighted by Gasteiger charge is 2.04. The Hall–Kier alpha value is -1.30. The first-order chi connectivity index (χ1) is 9.04. The van der Waals surface area contributed by atoms with E-state index in [2.05, 4.69) is 29.5 Å². The van der Waals surface area contributed by atoms with Gasteiger partial charge in [0, 0.05) is 17.1 Å². The van der Waals surface area contributed by atoms with Gasteiger partial charge in [-0.05, 0) is 45.2 Å². The first kappa shape index (κ1) is 15.8. The standard InChI is InChI=1S/C13H21ClN4O/c1-18(2)7-3-6-16-9-11-5-4-10(8-12(11)14)13(15)17-19/h4-5,8,16,19H,3,6-7,9H2,1-2H3,(H2,15,17). The molecule has 0 aromatic heterocycles. The van der Waals surface area contributed by atoms with Crippen LogP contribution in [0.5, 0.6) is 0 Å². The molecule has 1 rings (SSSR count). The minimum Gasteiger partial charge on any atom is -0.409 e. The Balaban J connectivity index is 2.47. The fraction of sp³-hybridized carbons (Fsp3) is 0.462. The summed E-state index contributed by atoms with van der Waals surface area (Å²) < 4.78 is 0. The summed E-state index contributed by atoms with van der Waals surface area (Å²) in [5.41, 5.74) is 7.12. The van der Waals surface area contributed by atoms with Crippen molar-refractivity contribution in [2.45, 2.75) is 13.0 Å². The Morgan fingerprint density at radius 1 is 1.47 bits per heavy atom. The minimum atomic E-state index is 0.0624. The second-order valence-electron chi connectivity index (χ2n) is 4.63. The summed E-state index contributed by atoms with van der Waals surface area (Å²) in [6, 6.07) is 5.37. The van der Waals surface area contributed by atoms with E-state index < -0.39 is 0 Å². The molecule has 0 heterocycles. The van der Waals surface area contributed by atoms with Crippen LogP contribution in [0.3, 0.4) is 0 Å². The third-order valence-corrected chi connectivity index (χ3v) is 3.08. The molecule has 0 aliphatic heterocycles. The van der Waals surface area contributed by atoms with Crippen LogP contribution in [0.1, 0.15) is 17.5 Å². The SMILES string of the molecule is CN(C)CCCNCc1ccc(/C(N)=N/O)cc1Cl. The van der Waals surface area contributed by atoms with Crippen molar-refractivity contribution in [2.24, 2.45) is 10.9 Å². The lowest BCUT2D eigenvalue weighted by molar-refractivity contribution is 0.318. The maximum absolute atomic E-state index is 8.60. The Morgan fingerprint density at radius 2 is 2.21 bits per heavy atom. The molecule has 1 aromatic carbocycles. The molecule has 0 unspecified atom stereocenters. The highest BCUT2D eigenvalue weighted by Crippen LogP contribution is 2.17. The van der Waals surface area contributed by atoms with Crippen molar-refractivity contribution < 1.29 is 5.21 Å². The second kappa shape index (κ2) is 7.99. The monoisotopic (exact) mass is 284 g/mol. The van der Waals surface area contributed by atoms with E-state index in [-0.39, 0.29) is 5.84 Å². The van der Waals surface area contributed by atoms with Gasteiger partial charge in [-0.15, -0.1) is 0 Å². The number of nitrogens with one attached hydrogen (secondary N) is 1. The number of hydrogen-bond donors (Lipinski definition) is 3. The molecule has 5 nitrogen and oxygen atoms in total. The fourth-order valence-corrected chi connectivity index (χ4v) is 1.90. The normalized spacial score (nSPS) is 12.1. The van der Waals surface area contributed by atoms with Crippen LogP contribution < -0.4 is 11.1 Å². The van der Waals surface area contributed by atoms with Crippen molar-refractivity contribution in [2.75, 3.05) is 27.2 Å². The van der Waals surface area contributed by atoms with E-state index in [0.29, 0.717) is 17.1 Å². The van der Waals surface area contributed by atoms with Crippen molar-refractivity contribution in [3.8, 4) is 0 Å². The molecule has 0 amide bonds. The first-order valence-corrected chi connectivity index (χ1v) is 6.54. The molecule has 6 heteroatoms. The topological polar surface area (TPSA) is 73.9 Å². The Labute approximate surface area is 119 Å². The van der Waals surface area contributed by atoms with E-state index in [1.165, 1.54) is 0 Å². The van der Waals surface area contributed by atoms with Gasteiger partial charge in [-0.2, -0.15) is 0 Å². The van der Waals surface area contributed by atoms with Gasteiger partial charge in [0.15, 0.2) is 5.84 Å². The summed E-state index contributed by atoms with van der Waals surface area (Å²) in [7, 11) is 4.12. The highest BCUT2D eigenvalue weighted by atomic mass is 35.5. The summed E-state index contributed by atoms with van der Waals surface area (Å²) in [6.45, 7) is 2.71. The van der Waals surface area contributed by atoms with Crippen molar-refractivity contribution in [1.82, 2.24) is 10.2 Å². The zero-order valence-corrected chi connectivity index (χ0v) is 12.1. The lowest BCUT2D eigenvalue weighted by Crippen LogP contribution is -2.21. The van der Waals surface area contributed by atoms with Crippen molar-refractivity contribution in [3.05, 3.63) is 34.3 Å². The number of nitrogens with two attached hydrogens (primary N) is 1. The number of hydrogen-bond acceptors (Lipinski definition) is 4. The molecular weight excluding hydrogens is 264 g/mol. The van der Waals surface area contributed by atoms with E-state index >= 15 is 0 Å². The molecule has 0 aliphatic rings. The number of amidine groups is 1. The smallest absolute Gasteiger partial charge is 0.170 e. The van der Waals surface area contributed by atoms with E-state index in [9.17, 15) is 0 Å². The predicted molar refractivity (Wildman–Crippen MR) is 78.8 cm³/mol. The summed E-state index contributed by atoms with van der Waals surface area (Å²) in [5.74, 6) is 0.0624. The van der Waals surface area contributed by atoms with Gasteiger partial charge in [0.1, 0.15) is 0 Å². The Morgan fingerprint density at radius 3 is 2.79 bits per heavy atom. The number of rotatable bonds is 7. The maximum Gasteiger partial charge on any atom is 0.170 e. The number of halogens is 1. The van der Waals surface area contributed by atoms with Crippen LogP contribution in [0.4, 0.5) is 0 Å². The third kappa shape index (κ3) is 5.46. The van der Waals surface area contributed by atoms with Crippen LogP contribution in [-0.2, 0) is 6.54 Å². The van der Waals surface area contributed by atoms with Gasteiger partial charge in [-0.3, -0.25) is 0 Å². The van der Waals surface area contributed by atoms with Gasteiger partial charge in [0.2, 0.25) is 0 Å². The van der Waals surface area contributed by atoms with Gasteiger partial charge in [0.25, 0.3) is 0 Å². The van der Waals surface area contributed by atoms with Gasteiger partial charge < -0.3 is 21.2 Å². The molecule has 0 atom stereocenters. The van der Waals surface area contributed by atoms with Crippen LogP contribution in [0.2, 0.25) is 5.02 Å². The average Bonchev–Trinajstić information content (AvgIpc) is 2.38. The third-order valence-electron chi connectivity index (χ3n) is 2.73. The fourth-order valence-electron chi connectivity index (χ4n) is 1.65. The van der Waals surface area contributed by atoms with Gasteiger partial charge in [-0.1, -0.05) is 28.9 Å². The van der Waals surface area contributed by atoms with Crippen LogP contribution in [0.25, 0.3) is 0 Å². The summed E-state index contributed by atoms with van der Waals surface area (Å²) >= 11 is 6.15. The zero-order chi connectivity index (χ0) is 14.3. The van der Waals surface area contributed by atoms with Crippen LogP contribution in [-0.4, -0.2) is 43.1 Å². The summed E-state index contributed by atoms with van der Waals surface area (Å²) in [6.07, 6.45) is 1.09. The lowest BCUT2D eigenvalue weighted by atomic mass is 10.1. The molecule has 0 aliphatic carbocycles. The molecule has 19 heavy (non-hydrogen) atoms. The first-order valence-electron chi connectivity index (χ1n) is 6.16. The predicted octanol–water partition coefficient (Wildman–Crippen LogP) is 1.48. The van der Waals surface area contributed by atoms with E-state index in [1.54, 1.807) is 12.1 Å². The molecule has 0 saturated carbocycles. The quantitative estimate of drug-likeness (QED) is 0.233. The molecule has 0 radical (unpaired) electrons. The number of nitrogens with zero attached hydrogens (tertiary/aromatic N) is 2. The highest BCUT2D eigenvalue weighted by molar-refractivity contribution is 6.31. The van der Waals surface area contributed by atoms with E-state index in [1.807, 2.05) is 6.07 Å². The Bertz CT molecular complexity index is 435. The Kier molecular flexibility index (Phi) is 6.62. The molecule has 4 N–H and O–H groups in total. The van der Waals surface area contributed by atoms with Crippen molar-refractivity contribution in [3.63, 3.8) is 0 Å². The van der Waals surface area contributed by atoms with Crippen LogP contribution in [0.15, 0.2) is 23.4 Å². The molecule has 0 saturated heterocycles. The van der Waals surface area contributed by atoms with Crippen molar-refractivity contribution in [1.29, 1.82) is 0 Å². The molecular formula is C13H21ClN4O. The minimum absolute atomic E-state index is 0.0624. The second-order valence-corrected chi connectivity index (χ2v) is 5.03. The van der Waals surface area contributed by atoms with Crippen LogP contribution in [0, 0.1) is 0 Å².